The molecule has 0 atom stereocenters. The third-order valence-corrected chi connectivity index (χ3v) is 4.75. The Balaban J connectivity index is 1.41. The average Bonchev–Trinajstić information content (AvgIpc) is 3.13. The second-order valence-electron chi connectivity index (χ2n) is 7.20. The van der Waals surface area contributed by atoms with Crippen LogP contribution in [0.2, 0.25) is 0 Å². The molecule has 4 amide bonds. The number of carbonyl (C=O) groups excluding carboxylic acids is 4. The fourth-order valence-corrected chi connectivity index (χ4v) is 3.29. The monoisotopic (exact) mass is 373 g/mol. The lowest BCUT2D eigenvalue weighted by atomic mass is 10.1. The fourth-order valence-electron chi connectivity index (χ4n) is 3.29. The summed E-state index contributed by atoms with van der Waals surface area (Å²) in [7, 11) is 0. The molecule has 27 heavy (non-hydrogen) atoms. The van der Waals surface area contributed by atoms with Crippen LogP contribution >= 0.6 is 0 Å². The largest absolute Gasteiger partial charge is 0.456 e. The molecule has 0 aromatic heterocycles. The number of hydrogen-bond acceptors (Lipinski definition) is 5. The van der Waals surface area contributed by atoms with Crippen molar-refractivity contribution in [3.63, 3.8) is 0 Å². The Morgan fingerprint density at radius 2 is 1.96 bits per heavy atom. The van der Waals surface area contributed by atoms with Crippen LogP contribution in [0.5, 0.6) is 0 Å². The Hall–Kier alpha value is -2.90. The number of imide groups is 1. The molecule has 1 aromatic rings. The van der Waals surface area contributed by atoms with Crippen LogP contribution < -0.4 is 10.2 Å². The zero-order valence-electron chi connectivity index (χ0n) is 15.5. The fraction of sp³-hybridized carbons (Fsp3) is 0.474. The number of para-hydroxylation sites is 1. The molecule has 0 unspecified atom stereocenters. The van der Waals surface area contributed by atoms with E-state index in [9.17, 15) is 19.2 Å². The van der Waals surface area contributed by atoms with Gasteiger partial charge >= 0.3 is 12.0 Å². The van der Waals surface area contributed by atoms with Crippen LogP contribution in [0.4, 0.5) is 10.5 Å². The van der Waals surface area contributed by atoms with Gasteiger partial charge in [0.05, 0.1) is 0 Å². The van der Waals surface area contributed by atoms with Crippen LogP contribution in [0.25, 0.3) is 0 Å². The van der Waals surface area contributed by atoms with Gasteiger partial charge in [-0.15, -0.1) is 0 Å². The standard InChI is InChI=1S/C19H23N3O5/c1-19(2)17(25)22(18(26)20-19)10-5-8-16(24)27-12-15(23)21-11-9-13-6-3-4-7-14(13)21/h3-4,6-7H,5,8-12H2,1-2H3,(H,20,26). The Labute approximate surface area is 157 Å². The van der Waals surface area contributed by atoms with E-state index < -0.39 is 17.5 Å². The predicted molar refractivity (Wildman–Crippen MR) is 97.0 cm³/mol. The zero-order chi connectivity index (χ0) is 19.6. The summed E-state index contributed by atoms with van der Waals surface area (Å²) in [5.74, 6) is -1.10. The SMILES string of the molecule is CC1(C)NC(=O)N(CCCC(=O)OCC(=O)N2CCc3ccccc32)C1=O. The number of carbonyl (C=O) groups is 4. The molecule has 1 aromatic carbocycles. The number of benzene rings is 1. The quantitative estimate of drug-likeness (QED) is 0.598. The van der Waals surface area contributed by atoms with Gasteiger partial charge in [-0.3, -0.25) is 19.3 Å². The van der Waals surface area contributed by atoms with Crippen LogP contribution in [0.3, 0.4) is 0 Å². The van der Waals surface area contributed by atoms with Gasteiger partial charge in [0.15, 0.2) is 6.61 Å². The van der Waals surface area contributed by atoms with E-state index in [1.54, 1.807) is 18.7 Å². The first-order valence-electron chi connectivity index (χ1n) is 8.97. The summed E-state index contributed by atoms with van der Waals surface area (Å²) in [5, 5.41) is 2.58. The van der Waals surface area contributed by atoms with E-state index in [4.69, 9.17) is 4.74 Å². The summed E-state index contributed by atoms with van der Waals surface area (Å²) in [4.78, 5) is 50.7. The van der Waals surface area contributed by atoms with E-state index in [2.05, 4.69) is 5.32 Å². The number of amides is 4. The zero-order valence-corrected chi connectivity index (χ0v) is 15.5. The second-order valence-corrected chi connectivity index (χ2v) is 7.20. The molecule has 1 fully saturated rings. The summed E-state index contributed by atoms with van der Waals surface area (Å²) in [6, 6.07) is 7.20. The van der Waals surface area contributed by atoms with Crippen molar-refractivity contribution >= 4 is 29.5 Å². The first-order valence-corrected chi connectivity index (χ1v) is 8.97. The molecule has 2 aliphatic heterocycles. The maximum absolute atomic E-state index is 12.3. The third-order valence-electron chi connectivity index (χ3n) is 4.75. The van der Waals surface area contributed by atoms with Gasteiger partial charge in [-0.2, -0.15) is 0 Å². The van der Waals surface area contributed by atoms with E-state index in [1.165, 1.54) is 0 Å². The number of esters is 1. The number of rotatable bonds is 6. The van der Waals surface area contributed by atoms with Gasteiger partial charge in [0.1, 0.15) is 5.54 Å². The molecular weight excluding hydrogens is 350 g/mol. The van der Waals surface area contributed by atoms with Crippen LogP contribution in [0, 0.1) is 0 Å². The highest BCUT2D eigenvalue weighted by molar-refractivity contribution is 6.06. The lowest BCUT2D eigenvalue weighted by Gasteiger charge is -2.17. The molecule has 144 valence electrons. The van der Waals surface area contributed by atoms with Crippen LogP contribution in [0.1, 0.15) is 32.3 Å². The third kappa shape index (κ3) is 3.94. The second kappa shape index (κ2) is 7.38. The van der Waals surface area contributed by atoms with Crippen molar-refractivity contribution in [2.45, 2.75) is 38.6 Å². The molecular formula is C19H23N3O5. The summed E-state index contributed by atoms with van der Waals surface area (Å²) >= 11 is 0. The number of hydrogen-bond donors (Lipinski definition) is 1. The van der Waals surface area contributed by atoms with Gasteiger partial charge in [0, 0.05) is 25.2 Å². The first kappa shape index (κ1) is 18.9. The number of ether oxygens (including phenoxy) is 1. The minimum Gasteiger partial charge on any atom is -0.456 e. The summed E-state index contributed by atoms with van der Waals surface area (Å²) in [5.41, 5.74) is 1.05. The molecule has 0 saturated carbocycles. The Morgan fingerprint density at radius 3 is 2.67 bits per heavy atom. The van der Waals surface area contributed by atoms with Crippen molar-refractivity contribution in [2.24, 2.45) is 0 Å². The summed E-state index contributed by atoms with van der Waals surface area (Å²) in [6.07, 6.45) is 1.11. The van der Waals surface area contributed by atoms with Gasteiger partial charge < -0.3 is 15.0 Å². The molecule has 0 radical (unpaired) electrons. The highest BCUT2D eigenvalue weighted by Crippen LogP contribution is 2.27. The molecule has 0 spiro atoms. The van der Waals surface area contributed by atoms with Crippen molar-refractivity contribution < 1.29 is 23.9 Å². The number of nitrogens with zero attached hydrogens (tertiary/aromatic N) is 2. The van der Waals surface area contributed by atoms with Crippen molar-refractivity contribution in [3.05, 3.63) is 29.8 Å². The maximum atomic E-state index is 12.3. The number of urea groups is 1. The molecule has 0 bridgehead atoms. The van der Waals surface area contributed by atoms with E-state index in [0.29, 0.717) is 6.54 Å². The van der Waals surface area contributed by atoms with E-state index in [1.807, 2.05) is 24.3 Å². The maximum Gasteiger partial charge on any atom is 0.325 e. The van der Waals surface area contributed by atoms with Crippen molar-refractivity contribution in [1.29, 1.82) is 0 Å². The predicted octanol–water partition coefficient (Wildman–Crippen LogP) is 1.23. The van der Waals surface area contributed by atoms with Crippen molar-refractivity contribution in [2.75, 3.05) is 24.6 Å². The summed E-state index contributed by atoms with van der Waals surface area (Å²) < 4.78 is 5.06. The van der Waals surface area contributed by atoms with E-state index in [0.717, 1.165) is 22.6 Å². The van der Waals surface area contributed by atoms with Gasteiger partial charge in [-0.1, -0.05) is 18.2 Å². The highest BCUT2D eigenvalue weighted by atomic mass is 16.5. The normalized spacial score (nSPS) is 17.7. The van der Waals surface area contributed by atoms with Gasteiger partial charge in [-0.05, 0) is 38.3 Å². The topological polar surface area (TPSA) is 96.0 Å². The molecule has 1 N–H and O–H groups in total. The number of anilines is 1. The van der Waals surface area contributed by atoms with E-state index >= 15 is 0 Å². The Kier molecular flexibility index (Phi) is 5.16. The Morgan fingerprint density at radius 1 is 1.22 bits per heavy atom. The molecule has 0 aliphatic carbocycles. The highest BCUT2D eigenvalue weighted by Gasteiger charge is 2.43. The minimum absolute atomic E-state index is 0.0291. The molecule has 2 aliphatic rings. The lowest BCUT2D eigenvalue weighted by molar-refractivity contribution is -0.148. The molecule has 1 saturated heterocycles. The van der Waals surface area contributed by atoms with Crippen LogP contribution in [0.15, 0.2) is 24.3 Å². The number of fused-ring (bicyclic) bond motifs is 1. The molecule has 2 heterocycles. The molecule has 8 nitrogen and oxygen atoms in total. The number of nitrogens with one attached hydrogen (secondary N) is 1. The first-order chi connectivity index (χ1) is 12.8. The molecule has 3 rings (SSSR count). The Bertz CT molecular complexity index is 789. The molecule has 8 heteroatoms. The van der Waals surface area contributed by atoms with E-state index in [-0.39, 0.29) is 37.8 Å². The average molecular weight is 373 g/mol. The van der Waals surface area contributed by atoms with Gasteiger partial charge in [0.25, 0.3) is 11.8 Å². The summed E-state index contributed by atoms with van der Waals surface area (Å²) in [6.45, 7) is 3.66. The van der Waals surface area contributed by atoms with Gasteiger partial charge in [-0.25, -0.2) is 4.79 Å². The van der Waals surface area contributed by atoms with Crippen LogP contribution in [-0.2, 0) is 25.5 Å². The van der Waals surface area contributed by atoms with Crippen molar-refractivity contribution in [3.8, 4) is 0 Å². The smallest absolute Gasteiger partial charge is 0.325 e. The lowest BCUT2D eigenvalue weighted by Crippen LogP contribution is -2.40. The van der Waals surface area contributed by atoms with Gasteiger partial charge in [0.2, 0.25) is 0 Å². The van der Waals surface area contributed by atoms with Crippen molar-refractivity contribution in [1.82, 2.24) is 10.2 Å². The minimum atomic E-state index is -0.921. The van der Waals surface area contributed by atoms with Crippen LogP contribution in [-0.4, -0.2) is 54.0 Å².